The average molecular weight is 145 g/mol. The molecule has 52 valence electrons. The highest BCUT2D eigenvalue weighted by molar-refractivity contribution is 7.81. The third-order valence-corrected chi connectivity index (χ3v) is 1.90. The minimum absolute atomic E-state index is 0.146. The van der Waals surface area contributed by atoms with Crippen molar-refractivity contribution in [1.82, 2.24) is 5.32 Å². The zero-order valence-electron chi connectivity index (χ0n) is 5.26. The van der Waals surface area contributed by atoms with E-state index in [9.17, 15) is 4.79 Å². The number of hydrogen-bond donors (Lipinski definition) is 2. The molecule has 1 rings (SSSR count). The van der Waals surface area contributed by atoms with Gasteiger partial charge >= 0.3 is 0 Å². The van der Waals surface area contributed by atoms with E-state index in [1.54, 1.807) is 0 Å². The standard InChI is InChI=1S/C6H11NOS/c8-6-4-5(9)2-1-3-7-6/h5,9H,1-4H2,(H,7,8)/t5-/m0/s1. The molecule has 0 aromatic rings. The van der Waals surface area contributed by atoms with Gasteiger partial charge < -0.3 is 5.32 Å². The van der Waals surface area contributed by atoms with Crippen LogP contribution >= 0.6 is 12.6 Å². The number of nitrogens with one attached hydrogen (secondary N) is 1. The van der Waals surface area contributed by atoms with Crippen molar-refractivity contribution in [3.05, 3.63) is 0 Å². The Morgan fingerprint density at radius 3 is 3.22 bits per heavy atom. The van der Waals surface area contributed by atoms with E-state index in [2.05, 4.69) is 17.9 Å². The lowest BCUT2D eigenvalue weighted by atomic mass is 10.2. The first-order valence-electron chi connectivity index (χ1n) is 3.24. The maximum absolute atomic E-state index is 10.7. The molecule has 0 spiro atoms. The predicted octanol–water partition coefficient (Wildman–Crippen LogP) is 0.585. The zero-order valence-corrected chi connectivity index (χ0v) is 6.16. The molecule has 1 N–H and O–H groups in total. The van der Waals surface area contributed by atoms with Gasteiger partial charge in [0, 0.05) is 18.2 Å². The van der Waals surface area contributed by atoms with Gasteiger partial charge in [-0.1, -0.05) is 0 Å². The Balaban J connectivity index is 2.37. The van der Waals surface area contributed by atoms with E-state index in [0.29, 0.717) is 6.42 Å². The maximum atomic E-state index is 10.7. The molecule has 1 saturated heterocycles. The van der Waals surface area contributed by atoms with Crippen molar-refractivity contribution in [2.75, 3.05) is 6.54 Å². The molecule has 0 radical (unpaired) electrons. The lowest BCUT2D eigenvalue weighted by molar-refractivity contribution is -0.120. The van der Waals surface area contributed by atoms with Gasteiger partial charge in [0.25, 0.3) is 0 Å². The van der Waals surface area contributed by atoms with E-state index in [1.165, 1.54) is 0 Å². The Morgan fingerprint density at radius 1 is 1.67 bits per heavy atom. The molecular formula is C6H11NOS. The molecule has 0 aromatic carbocycles. The molecule has 1 atom stereocenters. The molecule has 0 aliphatic carbocycles. The zero-order chi connectivity index (χ0) is 6.69. The molecule has 1 aliphatic rings. The average Bonchev–Trinajstić information content (AvgIpc) is 1.93. The second kappa shape index (κ2) is 3.11. The molecule has 0 unspecified atom stereocenters. The van der Waals surface area contributed by atoms with E-state index in [-0.39, 0.29) is 11.2 Å². The van der Waals surface area contributed by atoms with E-state index in [1.807, 2.05) is 0 Å². The Kier molecular flexibility index (Phi) is 2.39. The quantitative estimate of drug-likeness (QED) is 0.480. The summed E-state index contributed by atoms with van der Waals surface area (Å²) in [5.74, 6) is 0.146. The maximum Gasteiger partial charge on any atom is 0.221 e. The summed E-state index contributed by atoms with van der Waals surface area (Å²) in [4.78, 5) is 10.7. The van der Waals surface area contributed by atoms with Crippen molar-refractivity contribution in [3.8, 4) is 0 Å². The lowest BCUT2D eigenvalue weighted by Crippen LogP contribution is -2.22. The molecule has 1 aliphatic heterocycles. The van der Waals surface area contributed by atoms with Gasteiger partial charge in [-0.05, 0) is 12.8 Å². The van der Waals surface area contributed by atoms with Crippen LogP contribution in [0.15, 0.2) is 0 Å². The fourth-order valence-electron chi connectivity index (χ4n) is 0.954. The van der Waals surface area contributed by atoms with E-state index in [0.717, 1.165) is 19.4 Å². The van der Waals surface area contributed by atoms with E-state index in [4.69, 9.17) is 0 Å². The van der Waals surface area contributed by atoms with Gasteiger partial charge in [-0.15, -0.1) is 0 Å². The first-order chi connectivity index (χ1) is 4.29. The van der Waals surface area contributed by atoms with Gasteiger partial charge in [-0.25, -0.2) is 0 Å². The highest BCUT2D eigenvalue weighted by atomic mass is 32.1. The van der Waals surface area contributed by atoms with Gasteiger partial charge in [0.05, 0.1) is 0 Å². The number of carbonyl (C=O) groups excluding carboxylic acids is 1. The van der Waals surface area contributed by atoms with Crippen LogP contribution in [0.25, 0.3) is 0 Å². The van der Waals surface area contributed by atoms with E-state index < -0.39 is 0 Å². The highest BCUT2D eigenvalue weighted by Crippen LogP contribution is 2.11. The summed E-state index contributed by atoms with van der Waals surface area (Å²) in [5, 5.41) is 3.07. The van der Waals surface area contributed by atoms with Crippen LogP contribution in [-0.4, -0.2) is 17.7 Å². The smallest absolute Gasteiger partial charge is 0.221 e. The van der Waals surface area contributed by atoms with Gasteiger partial charge in [-0.2, -0.15) is 12.6 Å². The molecule has 0 saturated carbocycles. The summed E-state index contributed by atoms with van der Waals surface area (Å²) < 4.78 is 0. The molecule has 1 amide bonds. The topological polar surface area (TPSA) is 29.1 Å². The summed E-state index contributed by atoms with van der Waals surface area (Å²) in [6.07, 6.45) is 2.71. The van der Waals surface area contributed by atoms with Crippen molar-refractivity contribution < 1.29 is 4.79 Å². The third kappa shape index (κ3) is 2.26. The van der Waals surface area contributed by atoms with Crippen LogP contribution in [0.1, 0.15) is 19.3 Å². The fraction of sp³-hybridized carbons (Fsp3) is 0.833. The summed E-state index contributed by atoms with van der Waals surface area (Å²) in [5.41, 5.74) is 0. The Bertz CT molecular complexity index is 116. The molecule has 2 nitrogen and oxygen atoms in total. The molecule has 1 heterocycles. The van der Waals surface area contributed by atoms with Gasteiger partial charge in [-0.3, -0.25) is 4.79 Å². The Hall–Kier alpha value is -0.180. The molecule has 0 aromatic heterocycles. The number of rotatable bonds is 0. The third-order valence-electron chi connectivity index (χ3n) is 1.46. The van der Waals surface area contributed by atoms with Crippen molar-refractivity contribution in [1.29, 1.82) is 0 Å². The van der Waals surface area contributed by atoms with Crippen LogP contribution in [0.5, 0.6) is 0 Å². The number of hydrogen-bond acceptors (Lipinski definition) is 2. The molecule has 1 fully saturated rings. The van der Waals surface area contributed by atoms with Crippen molar-refractivity contribution >= 4 is 18.5 Å². The largest absolute Gasteiger partial charge is 0.356 e. The normalized spacial score (nSPS) is 29.0. The number of amides is 1. The highest BCUT2D eigenvalue weighted by Gasteiger charge is 2.12. The first kappa shape index (κ1) is 6.93. The van der Waals surface area contributed by atoms with Crippen LogP contribution < -0.4 is 5.32 Å². The summed E-state index contributed by atoms with van der Waals surface area (Å²) in [6, 6.07) is 0. The number of thiol groups is 1. The van der Waals surface area contributed by atoms with Gasteiger partial charge in [0.1, 0.15) is 0 Å². The van der Waals surface area contributed by atoms with Gasteiger partial charge in [0.2, 0.25) is 5.91 Å². The van der Waals surface area contributed by atoms with Crippen molar-refractivity contribution in [3.63, 3.8) is 0 Å². The molecule has 3 heteroatoms. The second-order valence-corrected chi connectivity index (χ2v) is 3.08. The minimum atomic E-state index is 0.146. The first-order valence-corrected chi connectivity index (χ1v) is 3.75. The van der Waals surface area contributed by atoms with Crippen molar-refractivity contribution in [2.24, 2.45) is 0 Å². The van der Waals surface area contributed by atoms with E-state index >= 15 is 0 Å². The van der Waals surface area contributed by atoms with Crippen LogP contribution in [0.4, 0.5) is 0 Å². The Morgan fingerprint density at radius 2 is 2.44 bits per heavy atom. The second-order valence-electron chi connectivity index (χ2n) is 2.35. The monoisotopic (exact) mass is 145 g/mol. The lowest BCUT2D eigenvalue weighted by Gasteiger charge is -2.00. The van der Waals surface area contributed by atoms with Crippen LogP contribution in [0, 0.1) is 0 Å². The summed E-state index contributed by atoms with van der Waals surface area (Å²) in [7, 11) is 0. The van der Waals surface area contributed by atoms with Crippen molar-refractivity contribution in [2.45, 2.75) is 24.5 Å². The Labute approximate surface area is 60.4 Å². The van der Waals surface area contributed by atoms with Crippen LogP contribution in [-0.2, 0) is 4.79 Å². The SMILES string of the molecule is O=C1C[C@@H](S)CCCN1. The predicted molar refractivity (Wildman–Crippen MR) is 39.6 cm³/mol. The minimum Gasteiger partial charge on any atom is -0.356 e. The van der Waals surface area contributed by atoms with Gasteiger partial charge in [0.15, 0.2) is 0 Å². The van der Waals surface area contributed by atoms with Crippen LogP contribution in [0.2, 0.25) is 0 Å². The molecule has 0 bridgehead atoms. The summed E-state index contributed by atoms with van der Waals surface area (Å²) in [6.45, 7) is 0.829. The number of carbonyl (C=O) groups is 1. The van der Waals surface area contributed by atoms with Crippen LogP contribution in [0.3, 0.4) is 0 Å². The molecular weight excluding hydrogens is 134 g/mol. The molecule has 9 heavy (non-hydrogen) atoms. The summed E-state index contributed by atoms with van der Waals surface area (Å²) >= 11 is 4.23. The fourth-order valence-corrected chi connectivity index (χ4v) is 1.30.